The molecule has 0 spiro atoms. The van der Waals surface area contributed by atoms with Gasteiger partial charge < -0.3 is 10.3 Å². The van der Waals surface area contributed by atoms with E-state index >= 15 is 0 Å². The fourth-order valence-corrected chi connectivity index (χ4v) is 2.31. The normalized spacial score (nSPS) is 12.3. The van der Waals surface area contributed by atoms with Crippen molar-refractivity contribution in [1.82, 2.24) is 10.3 Å². The molecule has 0 fully saturated rings. The summed E-state index contributed by atoms with van der Waals surface area (Å²) >= 11 is 0. The Morgan fingerprint density at radius 2 is 1.89 bits per heavy atom. The van der Waals surface area contributed by atoms with E-state index in [1.807, 2.05) is 19.9 Å². The number of nitrogens with one attached hydrogen (secondary N) is 2. The SMILES string of the molecule is CNCc1c(C(F)(F)F)[nH]c2c(C)cc(C)cc12. The van der Waals surface area contributed by atoms with E-state index in [0.29, 0.717) is 10.9 Å². The zero-order valence-corrected chi connectivity index (χ0v) is 10.5. The quantitative estimate of drug-likeness (QED) is 0.845. The molecule has 2 nitrogen and oxygen atoms in total. The third kappa shape index (κ3) is 2.10. The van der Waals surface area contributed by atoms with Crippen molar-refractivity contribution in [3.63, 3.8) is 0 Å². The van der Waals surface area contributed by atoms with Crippen molar-refractivity contribution in [1.29, 1.82) is 0 Å². The maximum Gasteiger partial charge on any atom is 0.431 e. The first kappa shape index (κ1) is 13.0. The Morgan fingerprint density at radius 3 is 2.44 bits per heavy atom. The molecule has 0 amide bonds. The highest BCUT2D eigenvalue weighted by Crippen LogP contribution is 2.36. The molecule has 1 heterocycles. The number of fused-ring (bicyclic) bond motifs is 1. The van der Waals surface area contributed by atoms with Crippen molar-refractivity contribution in [2.24, 2.45) is 0 Å². The van der Waals surface area contributed by atoms with E-state index in [4.69, 9.17) is 0 Å². The molecule has 0 bridgehead atoms. The lowest BCUT2D eigenvalue weighted by molar-refractivity contribution is -0.141. The van der Waals surface area contributed by atoms with Crippen LogP contribution in [0.5, 0.6) is 0 Å². The summed E-state index contributed by atoms with van der Waals surface area (Å²) in [5.41, 5.74) is 1.99. The molecule has 98 valence electrons. The highest BCUT2D eigenvalue weighted by Gasteiger charge is 2.36. The number of halogens is 3. The molecular formula is C13H15F3N2. The molecule has 0 aliphatic heterocycles. The average Bonchev–Trinajstić information content (AvgIpc) is 2.58. The number of aromatic nitrogens is 1. The molecule has 2 N–H and O–H groups in total. The van der Waals surface area contributed by atoms with Crippen LogP contribution in [0.2, 0.25) is 0 Å². The maximum absolute atomic E-state index is 13.0. The van der Waals surface area contributed by atoms with Gasteiger partial charge in [0, 0.05) is 23.0 Å². The van der Waals surface area contributed by atoms with Crippen LogP contribution in [0.15, 0.2) is 12.1 Å². The van der Waals surface area contributed by atoms with Crippen LogP contribution < -0.4 is 5.32 Å². The smallest absolute Gasteiger partial charge is 0.351 e. The van der Waals surface area contributed by atoms with Gasteiger partial charge in [-0.25, -0.2) is 0 Å². The molecule has 0 aliphatic rings. The first-order valence-corrected chi connectivity index (χ1v) is 5.68. The van der Waals surface area contributed by atoms with Gasteiger partial charge in [0.05, 0.1) is 0 Å². The minimum absolute atomic E-state index is 0.192. The van der Waals surface area contributed by atoms with Crippen molar-refractivity contribution >= 4 is 10.9 Å². The van der Waals surface area contributed by atoms with E-state index in [-0.39, 0.29) is 12.1 Å². The Hall–Kier alpha value is -1.49. The van der Waals surface area contributed by atoms with Crippen molar-refractivity contribution in [2.75, 3.05) is 7.05 Å². The van der Waals surface area contributed by atoms with Crippen LogP contribution in [0.4, 0.5) is 13.2 Å². The molecule has 0 radical (unpaired) electrons. The number of hydrogen-bond acceptors (Lipinski definition) is 1. The van der Waals surface area contributed by atoms with Crippen molar-refractivity contribution < 1.29 is 13.2 Å². The van der Waals surface area contributed by atoms with Gasteiger partial charge in [0.2, 0.25) is 0 Å². The minimum atomic E-state index is -4.36. The minimum Gasteiger partial charge on any atom is -0.351 e. The van der Waals surface area contributed by atoms with E-state index in [9.17, 15) is 13.2 Å². The van der Waals surface area contributed by atoms with Crippen LogP contribution in [-0.2, 0) is 12.7 Å². The molecular weight excluding hydrogens is 241 g/mol. The summed E-state index contributed by atoms with van der Waals surface area (Å²) in [7, 11) is 1.64. The third-order valence-corrected chi connectivity index (χ3v) is 2.99. The first-order valence-electron chi connectivity index (χ1n) is 5.68. The molecule has 0 unspecified atom stereocenters. The van der Waals surface area contributed by atoms with E-state index in [1.54, 1.807) is 13.1 Å². The van der Waals surface area contributed by atoms with Gasteiger partial charge in [-0.05, 0) is 32.5 Å². The summed E-state index contributed by atoms with van der Waals surface area (Å²) < 4.78 is 38.9. The van der Waals surface area contributed by atoms with Gasteiger partial charge in [-0.1, -0.05) is 11.6 Å². The van der Waals surface area contributed by atoms with Gasteiger partial charge in [-0.15, -0.1) is 0 Å². The van der Waals surface area contributed by atoms with E-state index in [1.165, 1.54) is 0 Å². The van der Waals surface area contributed by atoms with E-state index in [0.717, 1.165) is 11.1 Å². The zero-order chi connectivity index (χ0) is 13.5. The fourth-order valence-electron chi connectivity index (χ4n) is 2.31. The number of aryl methyl sites for hydroxylation is 2. The Labute approximate surface area is 103 Å². The van der Waals surface area contributed by atoms with Crippen molar-refractivity contribution in [3.05, 3.63) is 34.5 Å². The molecule has 0 atom stereocenters. The largest absolute Gasteiger partial charge is 0.431 e. The lowest BCUT2D eigenvalue weighted by Gasteiger charge is -2.07. The predicted octanol–water partition coefficient (Wildman–Crippen LogP) is 3.52. The molecule has 0 saturated carbocycles. The van der Waals surface area contributed by atoms with Gasteiger partial charge in [0.25, 0.3) is 0 Å². The Morgan fingerprint density at radius 1 is 1.22 bits per heavy atom. The van der Waals surface area contributed by atoms with Gasteiger partial charge in [-0.2, -0.15) is 13.2 Å². The summed E-state index contributed by atoms with van der Waals surface area (Å²) in [6, 6.07) is 3.67. The van der Waals surface area contributed by atoms with Crippen LogP contribution >= 0.6 is 0 Å². The van der Waals surface area contributed by atoms with E-state index in [2.05, 4.69) is 10.3 Å². The lowest BCUT2D eigenvalue weighted by atomic mass is 10.0. The van der Waals surface area contributed by atoms with Gasteiger partial charge in [0.1, 0.15) is 5.69 Å². The van der Waals surface area contributed by atoms with Gasteiger partial charge in [0.15, 0.2) is 0 Å². The molecule has 18 heavy (non-hydrogen) atoms. The third-order valence-electron chi connectivity index (χ3n) is 2.99. The standard InChI is InChI=1S/C13H15F3N2/c1-7-4-8(2)11-9(5-7)10(6-17-3)12(18-11)13(14,15)16/h4-5,17-18H,6H2,1-3H3. The molecule has 2 aromatic rings. The molecule has 1 aromatic heterocycles. The second kappa shape index (κ2) is 4.31. The number of hydrogen-bond donors (Lipinski definition) is 2. The van der Waals surface area contributed by atoms with E-state index < -0.39 is 11.9 Å². The lowest BCUT2D eigenvalue weighted by Crippen LogP contribution is -2.13. The second-order valence-electron chi connectivity index (χ2n) is 4.51. The van der Waals surface area contributed by atoms with Crippen LogP contribution in [0.25, 0.3) is 10.9 Å². The second-order valence-corrected chi connectivity index (χ2v) is 4.51. The number of alkyl halides is 3. The molecule has 0 aliphatic carbocycles. The molecule has 1 aromatic carbocycles. The van der Waals surface area contributed by atoms with Crippen LogP contribution in [0, 0.1) is 13.8 Å². The van der Waals surface area contributed by atoms with Crippen LogP contribution in [0.3, 0.4) is 0 Å². The van der Waals surface area contributed by atoms with Crippen molar-refractivity contribution in [3.8, 4) is 0 Å². The number of rotatable bonds is 2. The molecule has 0 saturated heterocycles. The fraction of sp³-hybridized carbons (Fsp3) is 0.385. The highest BCUT2D eigenvalue weighted by molar-refractivity contribution is 5.88. The first-order chi connectivity index (χ1) is 8.34. The highest BCUT2D eigenvalue weighted by atomic mass is 19.4. The summed E-state index contributed by atoms with van der Waals surface area (Å²) in [6.07, 6.45) is -4.36. The monoisotopic (exact) mass is 256 g/mol. The summed E-state index contributed by atoms with van der Waals surface area (Å²) in [5.74, 6) is 0. The van der Waals surface area contributed by atoms with Gasteiger partial charge in [-0.3, -0.25) is 0 Å². The Bertz CT molecular complexity index is 582. The molecule has 2 rings (SSSR count). The van der Waals surface area contributed by atoms with Crippen LogP contribution in [-0.4, -0.2) is 12.0 Å². The number of benzene rings is 1. The average molecular weight is 256 g/mol. The topological polar surface area (TPSA) is 27.8 Å². The zero-order valence-electron chi connectivity index (χ0n) is 10.5. The Kier molecular flexibility index (Phi) is 3.11. The van der Waals surface area contributed by atoms with Gasteiger partial charge >= 0.3 is 6.18 Å². The van der Waals surface area contributed by atoms with Crippen LogP contribution in [0.1, 0.15) is 22.4 Å². The number of aromatic amines is 1. The summed E-state index contributed by atoms with van der Waals surface area (Å²) in [5, 5.41) is 3.44. The predicted molar refractivity (Wildman–Crippen MR) is 65.5 cm³/mol. The molecule has 5 heteroatoms. The number of H-pyrrole nitrogens is 1. The summed E-state index contributed by atoms with van der Waals surface area (Å²) in [6.45, 7) is 3.89. The van der Waals surface area contributed by atoms with Crippen molar-refractivity contribution in [2.45, 2.75) is 26.6 Å². The Balaban J connectivity index is 2.79. The summed E-state index contributed by atoms with van der Waals surface area (Å²) in [4.78, 5) is 2.52. The maximum atomic E-state index is 13.0.